The van der Waals surface area contributed by atoms with Gasteiger partial charge in [0.1, 0.15) is 35.4 Å². The highest BCUT2D eigenvalue weighted by Crippen LogP contribution is 2.20. The van der Waals surface area contributed by atoms with E-state index in [0.717, 1.165) is 23.5 Å². The molecule has 0 spiro atoms. The van der Waals surface area contributed by atoms with Crippen LogP contribution in [0.3, 0.4) is 0 Å². The Bertz CT molecular complexity index is 1070. The first kappa shape index (κ1) is 19.7. The van der Waals surface area contributed by atoms with Crippen LogP contribution in [-0.4, -0.2) is 51.9 Å². The summed E-state index contributed by atoms with van der Waals surface area (Å²) in [5, 5.41) is 3.16. The molecular weight excluding hydrogens is 390 g/mol. The van der Waals surface area contributed by atoms with E-state index in [1.54, 1.807) is 11.1 Å². The van der Waals surface area contributed by atoms with Gasteiger partial charge in [0.25, 0.3) is 5.91 Å². The van der Waals surface area contributed by atoms with Crippen molar-refractivity contribution < 1.29 is 13.6 Å². The lowest BCUT2D eigenvalue weighted by atomic mass is 10.1. The van der Waals surface area contributed by atoms with Gasteiger partial charge >= 0.3 is 0 Å². The van der Waals surface area contributed by atoms with Gasteiger partial charge in [0.2, 0.25) is 0 Å². The molecule has 0 aliphatic carbocycles. The molecule has 1 fully saturated rings. The summed E-state index contributed by atoms with van der Waals surface area (Å²) in [6, 6.07) is 8.64. The minimum Gasteiger partial charge on any atom is -0.353 e. The zero-order chi connectivity index (χ0) is 21.1. The third-order valence-corrected chi connectivity index (χ3v) is 4.88. The van der Waals surface area contributed by atoms with Crippen LogP contribution in [-0.2, 0) is 0 Å². The molecule has 1 aromatic carbocycles. The van der Waals surface area contributed by atoms with E-state index in [0.29, 0.717) is 37.8 Å². The second kappa shape index (κ2) is 8.40. The topological polar surface area (TPSA) is 74.2 Å². The van der Waals surface area contributed by atoms with Crippen molar-refractivity contribution in [3.05, 3.63) is 71.7 Å². The number of piperazine rings is 1. The molecule has 4 rings (SSSR count). The normalized spacial score (nSPS) is 14.0. The van der Waals surface area contributed by atoms with Crippen molar-refractivity contribution in [2.45, 2.75) is 6.92 Å². The minimum absolute atomic E-state index is 0.121. The SMILES string of the molecule is Cc1ccnc(Nc2cc(N3CCN(C(=O)c4ccc(F)cc4F)CC3)ncn2)c1. The number of benzene rings is 1. The van der Waals surface area contributed by atoms with Gasteiger partial charge in [-0.2, -0.15) is 0 Å². The number of hydrogen-bond donors (Lipinski definition) is 1. The Morgan fingerprint density at radius 3 is 2.47 bits per heavy atom. The lowest BCUT2D eigenvalue weighted by Crippen LogP contribution is -2.49. The summed E-state index contributed by atoms with van der Waals surface area (Å²) in [4.78, 5) is 29.0. The molecule has 0 radical (unpaired) electrons. The zero-order valence-corrected chi connectivity index (χ0v) is 16.3. The van der Waals surface area contributed by atoms with Crippen molar-refractivity contribution in [2.24, 2.45) is 0 Å². The maximum atomic E-state index is 13.9. The highest BCUT2D eigenvalue weighted by molar-refractivity contribution is 5.94. The Labute approximate surface area is 172 Å². The summed E-state index contributed by atoms with van der Waals surface area (Å²) in [7, 11) is 0. The second-order valence-corrected chi connectivity index (χ2v) is 7.01. The van der Waals surface area contributed by atoms with E-state index in [9.17, 15) is 13.6 Å². The molecule has 2 aromatic heterocycles. The first-order valence-corrected chi connectivity index (χ1v) is 9.50. The predicted octanol–water partition coefficient (Wildman–Crippen LogP) is 3.16. The first-order valence-electron chi connectivity index (χ1n) is 9.50. The predicted molar refractivity (Wildman–Crippen MR) is 109 cm³/mol. The molecule has 3 heterocycles. The van der Waals surface area contributed by atoms with Crippen LogP contribution in [0.5, 0.6) is 0 Å². The number of amides is 1. The number of aryl methyl sites for hydroxylation is 1. The van der Waals surface area contributed by atoms with E-state index < -0.39 is 17.5 Å². The molecule has 1 aliphatic heterocycles. The van der Waals surface area contributed by atoms with Crippen LogP contribution in [0, 0.1) is 18.6 Å². The Hall–Kier alpha value is -3.62. The molecule has 154 valence electrons. The fraction of sp³-hybridized carbons (Fsp3) is 0.238. The third-order valence-electron chi connectivity index (χ3n) is 4.88. The standard InChI is InChI=1S/C21H20F2N6O/c1-14-4-5-24-18(10-14)27-19-12-20(26-13-25-19)28-6-8-29(9-7-28)21(30)16-3-2-15(22)11-17(16)23/h2-5,10-13H,6-9H2,1H3,(H,24,25,26,27). The number of nitrogens with zero attached hydrogens (tertiary/aromatic N) is 5. The molecule has 1 saturated heterocycles. The largest absolute Gasteiger partial charge is 0.353 e. The molecule has 0 unspecified atom stereocenters. The van der Waals surface area contributed by atoms with Gasteiger partial charge in [0, 0.05) is 44.5 Å². The van der Waals surface area contributed by atoms with Crippen molar-refractivity contribution in [3.8, 4) is 0 Å². The summed E-state index contributed by atoms with van der Waals surface area (Å²) in [5.74, 6) is 0.0333. The van der Waals surface area contributed by atoms with Crippen LogP contribution in [0.2, 0.25) is 0 Å². The first-order chi connectivity index (χ1) is 14.5. The molecule has 1 amide bonds. The molecule has 7 nitrogen and oxygen atoms in total. The Morgan fingerprint density at radius 1 is 0.967 bits per heavy atom. The Balaban J connectivity index is 1.41. The molecule has 1 N–H and O–H groups in total. The van der Waals surface area contributed by atoms with Crippen LogP contribution in [0.15, 0.2) is 48.9 Å². The van der Waals surface area contributed by atoms with Crippen LogP contribution >= 0.6 is 0 Å². The smallest absolute Gasteiger partial charge is 0.256 e. The maximum absolute atomic E-state index is 13.9. The Morgan fingerprint density at radius 2 is 1.73 bits per heavy atom. The number of nitrogens with one attached hydrogen (secondary N) is 1. The number of hydrogen-bond acceptors (Lipinski definition) is 6. The van der Waals surface area contributed by atoms with Gasteiger partial charge in [-0.15, -0.1) is 0 Å². The van der Waals surface area contributed by atoms with Crippen LogP contribution in [0.1, 0.15) is 15.9 Å². The molecule has 1 aliphatic rings. The summed E-state index contributed by atoms with van der Waals surface area (Å²) in [6.45, 7) is 3.86. The van der Waals surface area contributed by atoms with Crippen molar-refractivity contribution in [2.75, 3.05) is 36.4 Å². The number of aromatic nitrogens is 3. The summed E-state index contributed by atoms with van der Waals surface area (Å²) in [6.07, 6.45) is 3.19. The summed E-state index contributed by atoms with van der Waals surface area (Å²) in [5.41, 5.74) is 0.962. The highest BCUT2D eigenvalue weighted by Gasteiger charge is 2.25. The molecule has 9 heteroatoms. The minimum atomic E-state index is -0.848. The van der Waals surface area contributed by atoms with E-state index in [1.807, 2.05) is 30.0 Å². The zero-order valence-electron chi connectivity index (χ0n) is 16.3. The van der Waals surface area contributed by atoms with E-state index in [-0.39, 0.29) is 5.56 Å². The maximum Gasteiger partial charge on any atom is 0.256 e. The Kier molecular flexibility index (Phi) is 5.51. The van der Waals surface area contributed by atoms with E-state index >= 15 is 0 Å². The summed E-state index contributed by atoms with van der Waals surface area (Å²) < 4.78 is 27.0. The average Bonchev–Trinajstić information content (AvgIpc) is 2.74. The fourth-order valence-electron chi connectivity index (χ4n) is 3.30. The molecule has 0 saturated carbocycles. The average molecular weight is 410 g/mol. The van der Waals surface area contributed by atoms with Gasteiger partial charge in [-0.1, -0.05) is 0 Å². The van der Waals surface area contributed by atoms with E-state index in [4.69, 9.17) is 0 Å². The number of anilines is 3. The summed E-state index contributed by atoms with van der Waals surface area (Å²) >= 11 is 0. The number of carbonyl (C=O) groups is 1. The van der Waals surface area contributed by atoms with E-state index in [1.165, 1.54) is 12.4 Å². The van der Waals surface area contributed by atoms with Gasteiger partial charge in [-0.05, 0) is 36.8 Å². The van der Waals surface area contributed by atoms with Gasteiger partial charge in [-0.25, -0.2) is 23.7 Å². The quantitative estimate of drug-likeness (QED) is 0.712. The fourth-order valence-corrected chi connectivity index (χ4v) is 3.30. The molecular formula is C21H20F2N6O. The number of rotatable bonds is 4. The van der Waals surface area contributed by atoms with Crippen molar-refractivity contribution in [1.82, 2.24) is 19.9 Å². The molecule has 0 atom stereocenters. The lowest BCUT2D eigenvalue weighted by molar-refractivity contribution is 0.0741. The molecule has 0 bridgehead atoms. The second-order valence-electron chi connectivity index (χ2n) is 7.01. The molecule has 30 heavy (non-hydrogen) atoms. The van der Waals surface area contributed by atoms with Crippen molar-refractivity contribution in [1.29, 1.82) is 0 Å². The van der Waals surface area contributed by atoms with E-state index in [2.05, 4.69) is 20.3 Å². The van der Waals surface area contributed by atoms with Crippen LogP contribution in [0.25, 0.3) is 0 Å². The van der Waals surface area contributed by atoms with Crippen molar-refractivity contribution in [3.63, 3.8) is 0 Å². The lowest BCUT2D eigenvalue weighted by Gasteiger charge is -2.35. The van der Waals surface area contributed by atoms with Crippen LogP contribution in [0.4, 0.5) is 26.2 Å². The monoisotopic (exact) mass is 410 g/mol. The highest BCUT2D eigenvalue weighted by atomic mass is 19.1. The molecule has 3 aromatic rings. The van der Waals surface area contributed by atoms with Gasteiger partial charge in [0.05, 0.1) is 5.56 Å². The third kappa shape index (κ3) is 4.35. The van der Waals surface area contributed by atoms with Crippen molar-refractivity contribution >= 4 is 23.4 Å². The van der Waals surface area contributed by atoms with Gasteiger partial charge in [-0.3, -0.25) is 4.79 Å². The number of carbonyl (C=O) groups excluding carboxylic acids is 1. The number of halogens is 2. The van der Waals surface area contributed by atoms with Gasteiger partial charge in [0.15, 0.2) is 0 Å². The number of pyridine rings is 1. The van der Waals surface area contributed by atoms with Crippen LogP contribution < -0.4 is 10.2 Å². The van der Waals surface area contributed by atoms with Gasteiger partial charge < -0.3 is 15.1 Å².